The van der Waals surface area contributed by atoms with Crippen molar-refractivity contribution >= 4 is 46.8 Å². The lowest BCUT2D eigenvalue weighted by Crippen LogP contribution is -2.16. The summed E-state index contributed by atoms with van der Waals surface area (Å²) in [4.78, 5) is 16.0. The van der Waals surface area contributed by atoms with Gasteiger partial charge in [-0.25, -0.2) is 0 Å². The van der Waals surface area contributed by atoms with Crippen LogP contribution in [0.4, 0.5) is 5.69 Å². The molecule has 0 bridgehead atoms. The molecule has 0 radical (unpaired) electrons. The minimum atomic E-state index is -0.273. The third kappa shape index (κ3) is 6.57. The Morgan fingerprint density at radius 1 is 1.18 bits per heavy atom. The second-order valence-electron chi connectivity index (χ2n) is 6.96. The van der Waals surface area contributed by atoms with Gasteiger partial charge >= 0.3 is 0 Å². The quantitative estimate of drug-likeness (QED) is 0.134. The van der Waals surface area contributed by atoms with Gasteiger partial charge in [-0.3, -0.25) is 4.79 Å². The standard InChI is InChI=1S/C23H20Cl2N4O3S/c1-2-14-6-7-15(13-27-29-26)23(25)19(14)12-22(30)28-17-8-9-20(21(11-17)33-31)32-18-5-3-4-16(24)10-18/h3-11,31H,2,12-13H2,1H3,(H,28,30). The minimum absolute atomic E-state index is 0.0501. The number of carbonyl (C=O) groups excluding carboxylic acids is 1. The molecular formula is C23H20Cl2N4O3S. The number of anilines is 1. The maximum absolute atomic E-state index is 12.8. The van der Waals surface area contributed by atoms with Crippen molar-refractivity contribution in [2.45, 2.75) is 31.2 Å². The number of benzene rings is 3. The van der Waals surface area contributed by atoms with Gasteiger partial charge in [0.1, 0.15) is 11.5 Å². The third-order valence-electron chi connectivity index (χ3n) is 4.79. The predicted octanol–water partition coefficient (Wildman–Crippen LogP) is 7.90. The summed E-state index contributed by atoms with van der Waals surface area (Å²) in [6.45, 7) is 2.09. The summed E-state index contributed by atoms with van der Waals surface area (Å²) in [7, 11) is 0. The first-order valence-electron chi connectivity index (χ1n) is 9.93. The SMILES string of the molecule is CCc1ccc(CN=[N+]=[N-])c(Cl)c1CC(=O)Nc1ccc(Oc2cccc(Cl)c2)c(SO)c1. The average Bonchev–Trinajstić information content (AvgIpc) is 2.80. The average molecular weight is 503 g/mol. The van der Waals surface area contributed by atoms with Crippen molar-refractivity contribution < 1.29 is 14.1 Å². The molecule has 10 heteroatoms. The molecule has 0 unspecified atom stereocenters. The topological polar surface area (TPSA) is 107 Å². The maximum Gasteiger partial charge on any atom is 0.228 e. The molecule has 7 nitrogen and oxygen atoms in total. The minimum Gasteiger partial charge on any atom is -0.456 e. The van der Waals surface area contributed by atoms with Crippen LogP contribution in [0.3, 0.4) is 0 Å². The number of nitrogens with zero attached hydrogens (tertiary/aromatic N) is 3. The zero-order chi connectivity index (χ0) is 23.8. The first-order chi connectivity index (χ1) is 15.9. The number of nitrogens with one attached hydrogen (secondary N) is 1. The van der Waals surface area contributed by atoms with E-state index < -0.39 is 0 Å². The van der Waals surface area contributed by atoms with Crippen molar-refractivity contribution in [2.24, 2.45) is 5.11 Å². The summed E-state index contributed by atoms with van der Waals surface area (Å²) in [6.07, 6.45) is 0.749. The molecule has 3 aromatic carbocycles. The van der Waals surface area contributed by atoms with E-state index in [4.69, 9.17) is 33.5 Å². The molecule has 3 rings (SSSR count). The zero-order valence-electron chi connectivity index (χ0n) is 17.6. The third-order valence-corrected chi connectivity index (χ3v) is 6.01. The Hall–Kier alpha value is -2.87. The highest BCUT2D eigenvalue weighted by Crippen LogP contribution is 2.34. The van der Waals surface area contributed by atoms with E-state index in [1.807, 2.05) is 13.0 Å². The van der Waals surface area contributed by atoms with Crippen molar-refractivity contribution in [3.8, 4) is 11.5 Å². The molecular weight excluding hydrogens is 483 g/mol. The molecule has 33 heavy (non-hydrogen) atoms. The predicted molar refractivity (Wildman–Crippen MR) is 132 cm³/mol. The highest BCUT2D eigenvalue weighted by atomic mass is 35.5. The van der Waals surface area contributed by atoms with Crippen LogP contribution in [-0.4, -0.2) is 10.5 Å². The van der Waals surface area contributed by atoms with Gasteiger partial charge < -0.3 is 14.6 Å². The monoisotopic (exact) mass is 502 g/mol. The number of hydrogen-bond acceptors (Lipinski definition) is 5. The highest BCUT2D eigenvalue weighted by molar-refractivity contribution is 7.93. The van der Waals surface area contributed by atoms with Crippen LogP contribution in [-0.2, 0) is 24.2 Å². The molecule has 0 fully saturated rings. The molecule has 2 N–H and O–H groups in total. The Kier molecular flexibility index (Phi) is 8.88. The molecule has 0 saturated carbocycles. The van der Waals surface area contributed by atoms with Gasteiger partial charge in [-0.1, -0.05) is 53.4 Å². The second kappa shape index (κ2) is 11.8. The summed E-state index contributed by atoms with van der Waals surface area (Å²) < 4.78 is 15.5. The van der Waals surface area contributed by atoms with E-state index in [9.17, 15) is 9.35 Å². The van der Waals surface area contributed by atoms with Crippen LogP contribution in [0.1, 0.15) is 23.6 Å². The van der Waals surface area contributed by atoms with Gasteiger partial charge in [-0.05, 0) is 65.0 Å². The number of rotatable bonds is 9. The highest BCUT2D eigenvalue weighted by Gasteiger charge is 2.15. The van der Waals surface area contributed by atoms with Crippen molar-refractivity contribution in [3.05, 3.63) is 91.8 Å². The molecule has 0 aromatic heterocycles. The summed E-state index contributed by atoms with van der Waals surface area (Å²) >= 11 is 13.0. The van der Waals surface area contributed by atoms with Crippen LogP contribution in [0.25, 0.3) is 10.4 Å². The molecule has 0 aliphatic heterocycles. The molecule has 170 valence electrons. The van der Waals surface area contributed by atoms with Gasteiger partial charge in [0.05, 0.1) is 17.9 Å². The molecule has 0 saturated heterocycles. The Balaban J connectivity index is 1.77. The van der Waals surface area contributed by atoms with Gasteiger partial charge in [0, 0.05) is 32.7 Å². The number of carbonyl (C=O) groups is 1. The number of azide groups is 1. The lowest BCUT2D eigenvalue weighted by Gasteiger charge is -2.14. The normalized spacial score (nSPS) is 10.4. The lowest BCUT2D eigenvalue weighted by molar-refractivity contribution is -0.115. The Morgan fingerprint density at radius 3 is 2.67 bits per heavy atom. The Bertz CT molecular complexity index is 1220. The fourth-order valence-corrected chi connectivity index (χ4v) is 4.10. The number of halogens is 2. The summed E-state index contributed by atoms with van der Waals surface area (Å²) in [5, 5.41) is 7.34. The van der Waals surface area contributed by atoms with E-state index in [2.05, 4.69) is 15.3 Å². The van der Waals surface area contributed by atoms with Crippen LogP contribution >= 0.6 is 35.2 Å². The summed E-state index contributed by atoms with van der Waals surface area (Å²) in [5.41, 5.74) is 11.4. The first-order valence-corrected chi connectivity index (χ1v) is 11.5. The van der Waals surface area contributed by atoms with E-state index in [1.165, 1.54) is 0 Å². The molecule has 0 spiro atoms. The molecule has 0 aliphatic carbocycles. The van der Waals surface area contributed by atoms with Gasteiger partial charge in [0.15, 0.2) is 0 Å². The van der Waals surface area contributed by atoms with Crippen LogP contribution in [0, 0.1) is 0 Å². The summed E-state index contributed by atoms with van der Waals surface area (Å²) in [5.74, 6) is 0.673. The second-order valence-corrected chi connectivity index (χ2v) is 8.39. The molecule has 0 atom stereocenters. The van der Waals surface area contributed by atoms with Crippen LogP contribution < -0.4 is 10.1 Å². The smallest absolute Gasteiger partial charge is 0.228 e. The number of hydrogen-bond donors (Lipinski definition) is 2. The molecule has 3 aromatic rings. The van der Waals surface area contributed by atoms with Crippen molar-refractivity contribution in [1.29, 1.82) is 0 Å². The fourth-order valence-electron chi connectivity index (χ4n) is 3.23. The zero-order valence-corrected chi connectivity index (χ0v) is 19.9. The van der Waals surface area contributed by atoms with Crippen LogP contribution in [0.5, 0.6) is 11.5 Å². The van der Waals surface area contributed by atoms with Gasteiger partial charge in [0.2, 0.25) is 5.91 Å². The number of ether oxygens (including phenoxy) is 1. The van der Waals surface area contributed by atoms with E-state index in [-0.39, 0.29) is 18.9 Å². The maximum atomic E-state index is 12.8. The first kappa shape index (κ1) is 24.8. The van der Waals surface area contributed by atoms with Crippen molar-refractivity contribution in [1.82, 2.24) is 0 Å². The number of amides is 1. The van der Waals surface area contributed by atoms with Gasteiger partial charge in [-0.2, -0.15) is 0 Å². The Labute approximate surface area is 205 Å². The van der Waals surface area contributed by atoms with Crippen LogP contribution in [0.2, 0.25) is 10.0 Å². The lowest BCUT2D eigenvalue weighted by atomic mass is 9.98. The number of aryl methyl sites for hydroxylation is 1. The van der Waals surface area contributed by atoms with E-state index in [0.717, 1.165) is 5.56 Å². The van der Waals surface area contributed by atoms with Gasteiger partial charge in [-0.15, -0.1) is 0 Å². The van der Waals surface area contributed by atoms with Gasteiger partial charge in [0.25, 0.3) is 0 Å². The van der Waals surface area contributed by atoms with E-state index in [1.54, 1.807) is 48.5 Å². The molecule has 0 aliphatic rings. The van der Waals surface area contributed by atoms with E-state index >= 15 is 0 Å². The fraction of sp³-hybridized carbons (Fsp3) is 0.174. The van der Waals surface area contributed by atoms with Crippen LogP contribution in [0.15, 0.2) is 64.6 Å². The van der Waals surface area contributed by atoms with Crippen molar-refractivity contribution in [3.63, 3.8) is 0 Å². The Morgan fingerprint density at radius 2 is 1.97 bits per heavy atom. The summed E-state index contributed by atoms with van der Waals surface area (Å²) in [6, 6.07) is 15.5. The van der Waals surface area contributed by atoms with Crippen molar-refractivity contribution in [2.75, 3.05) is 5.32 Å². The van der Waals surface area contributed by atoms with E-state index in [0.29, 0.717) is 61.7 Å². The largest absolute Gasteiger partial charge is 0.456 e. The molecule has 1 amide bonds. The molecule has 0 heterocycles.